The van der Waals surface area contributed by atoms with Gasteiger partial charge >= 0.3 is 6.09 Å². The molecule has 0 aromatic heterocycles. The number of carbonyl (C=O) groups excluding carboxylic acids is 1. The van der Waals surface area contributed by atoms with Crippen molar-refractivity contribution in [3.63, 3.8) is 0 Å². The number of rotatable bonds is 3. The van der Waals surface area contributed by atoms with Gasteiger partial charge in [0, 0.05) is 31.2 Å². The number of anilines is 1. The first-order valence-electron chi connectivity index (χ1n) is 7.44. The van der Waals surface area contributed by atoms with Gasteiger partial charge in [0.2, 0.25) is 0 Å². The lowest BCUT2D eigenvalue weighted by atomic mass is 10.0. The maximum absolute atomic E-state index is 12.3. The lowest BCUT2D eigenvalue weighted by Gasteiger charge is -2.26. The van der Waals surface area contributed by atoms with E-state index in [0.29, 0.717) is 12.3 Å². The topological polar surface area (TPSA) is 59.0 Å². The molecule has 1 amide bonds. The van der Waals surface area contributed by atoms with Crippen molar-refractivity contribution in [2.75, 3.05) is 19.1 Å². The summed E-state index contributed by atoms with van der Waals surface area (Å²) in [6.07, 6.45) is -0.482. The molecule has 5 nitrogen and oxygen atoms in total. The van der Waals surface area contributed by atoms with E-state index in [2.05, 4.69) is 0 Å². The van der Waals surface area contributed by atoms with Crippen molar-refractivity contribution in [1.29, 1.82) is 0 Å². The van der Waals surface area contributed by atoms with Gasteiger partial charge in [-0.15, -0.1) is 0 Å². The fraction of sp³-hybridized carbons (Fsp3) is 0.389. The van der Waals surface area contributed by atoms with Crippen LogP contribution in [-0.2, 0) is 16.1 Å². The van der Waals surface area contributed by atoms with Crippen LogP contribution in [0.5, 0.6) is 5.75 Å². The van der Waals surface area contributed by atoms with E-state index in [9.17, 15) is 9.90 Å². The van der Waals surface area contributed by atoms with Gasteiger partial charge in [0.25, 0.3) is 0 Å². The van der Waals surface area contributed by atoms with Gasteiger partial charge in [-0.2, -0.15) is 0 Å². The van der Waals surface area contributed by atoms with E-state index in [-0.39, 0.29) is 5.75 Å². The van der Waals surface area contributed by atoms with E-state index in [4.69, 9.17) is 9.47 Å². The van der Waals surface area contributed by atoms with Gasteiger partial charge in [-0.05, 0) is 26.2 Å². The van der Waals surface area contributed by atoms with Gasteiger partial charge < -0.3 is 14.6 Å². The monoisotopic (exact) mass is 317 g/mol. The van der Waals surface area contributed by atoms with Crippen LogP contribution in [0, 0.1) is 0 Å². The zero-order chi connectivity index (χ0) is 17.2. The fourth-order valence-corrected chi connectivity index (χ4v) is 2.43. The predicted octanol–water partition coefficient (Wildman–Crippen LogP) is 4.06. The van der Waals surface area contributed by atoms with Crippen LogP contribution >= 0.6 is 0 Å². The number of hydrogen-bond acceptors (Lipinski definition) is 4. The Kier molecular flexibility index (Phi) is 4.80. The highest BCUT2D eigenvalue weighted by atomic mass is 16.6. The summed E-state index contributed by atoms with van der Waals surface area (Å²) < 4.78 is 10.7. The molecule has 0 atom stereocenters. The van der Waals surface area contributed by atoms with Crippen LogP contribution in [0.15, 0.2) is 30.3 Å². The van der Waals surface area contributed by atoms with Crippen LogP contribution in [0.3, 0.4) is 0 Å². The van der Waals surface area contributed by atoms with Crippen LogP contribution in [0.4, 0.5) is 10.5 Å². The molecule has 0 unspecified atom stereocenters. The number of phenolic OH excluding ortho intramolecular Hbond substituents is 1. The molecule has 0 spiro atoms. The molecule has 5 heteroatoms. The average Bonchev–Trinajstić information content (AvgIpc) is 2.47. The van der Waals surface area contributed by atoms with Crippen LogP contribution in [0.25, 0.3) is 10.8 Å². The van der Waals surface area contributed by atoms with Gasteiger partial charge in [0.1, 0.15) is 11.4 Å². The second-order valence-corrected chi connectivity index (χ2v) is 6.41. The lowest BCUT2D eigenvalue weighted by Crippen LogP contribution is -2.34. The molecule has 2 aromatic rings. The zero-order valence-corrected chi connectivity index (χ0v) is 14.2. The Labute approximate surface area is 136 Å². The second-order valence-electron chi connectivity index (χ2n) is 6.41. The molecule has 23 heavy (non-hydrogen) atoms. The molecule has 0 saturated heterocycles. The quantitative estimate of drug-likeness (QED) is 0.927. The molecule has 0 fully saturated rings. The molecule has 0 radical (unpaired) electrons. The average molecular weight is 317 g/mol. The number of aromatic hydroxyl groups is 1. The van der Waals surface area contributed by atoms with Crippen molar-refractivity contribution in [1.82, 2.24) is 0 Å². The number of carbonyl (C=O) groups is 1. The molecule has 0 heterocycles. The number of ether oxygens (including phenoxy) is 2. The summed E-state index contributed by atoms with van der Waals surface area (Å²) >= 11 is 0. The maximum atomic E-state index is 12.3. The summed E-state index contributed by atoms with van der Waals surface area (Å²) in [6.45, 7) is 5.76. The Balaban J connectivity index is 2.55. The Morgan fingerprint density at radius 3 is 2.39 bits per heavy atom. The van der Waals surface area contributed by atoms with Gasteiger partial charge in [0.15, 0.2) is 0 Å². The van der Waals surface area contributed by atoms with Crippen molar-refractivity contribution in [2.24, 2.45) is 0 Å². The molecule has 2 aromatic carbocycles. The smallest absolute Gasteiger partial charge is 0.414 e. The molecular formula is C18H23NO4. The second kappa shape index (κ2) is 6.46. The van der Waals surface area contributed by atoms with E-state index in [1.165, 1.54) is 4.90 Å². The minimum Gasteiger partial charge on any atom is -0.507 e. The van der Waals surface area contributed by atoms with Gasteiger partial charge in [0.05, 0.1) is 12.3 Å². The molecule has 0 aliphatic carbocycles. The predicted molar refractivity (Wildman–Crippen MR) is 91.0 cm³/mol. The maximum Gasteiger partial charge on any atom is 0.414 e. The highest BCUT2D eigenvalue weighted by Gasteiger charge is 2.24. The molecule has 124 valence electrons. The molecule has 0 aliphatic rings. The SMILES string of the molecule is COCc1c(N(C)C(=O)OC(C)(C)C)cc(O)c2ccccc12. The first-order valence-corrected chi connectivity index (χ1v) is 7.44. The number of hydrogen-bond donors (Lipinski definition) is 1. The number of fused-ring (bicyclic) bond motifs is 1. The third-order valence-electron chi connectivity index (χ3n) is 3.43. The van der Waals surface area contributed by atoms with Crippen molar-refractivity contribution < 1.29 is 19.4 Å². The summed E-state index contributed by atoms with van der Waals surface area (Å²) in [4.78, 5) is 13.7. The van der Waals surface area contributed by atoms with Crippen molar-refractivity contribution in [3.8, 4) is 5.75 Å². The zero-order valence-electron chi connectivity index (χ0n) is 14.2. The summed E-state index contributed by atoms with van der Waals surface area (Å²) in [7, 11) is 3.22. The summed E-state index contributed by atoms with van der Waals surface area (Å²) in [5.41, 5.74) is 0.803. The van der Waals surface area contributed by atoms with E-state index in [1.54, 1.807) is 20.2 Å². The van der Waals surface area contributed by atoms with E-state index < -0.39 is 11.7 Å². The summed E-state index contributed by atoms with van der Waals surface area (Å²) in [5.74, 6) is 0.117. The first kappa shape index (κ1) is 17.1. The number of amides is 1. The third-order valence-corrected chi connectivity index (χ3v) is 3.43. The molecule has 0 bridgehead atoms. The van der Waals surface area contributed by atoms with E-state index in [1.807, 2.05) is 45.0 Å². The summed E-state index contributed by atoms with van der Waals surface area (Å²) in [6, 6.07) is 9.05. The number of phenols is 1. The van der Waals surface area contributed by atoms with Crippen molar-refractivity contribution >= 4 is 22.6 Å². The lowest BCUT2D eigenvalue weighted by molar-refractivity contribution is 0.0588. The normalized spacial score (nSPS) is 11.5. The first-order chi connectivity index (χ1) is 10.7. The highest BCUT2D eigenvalue weighted by molar-refractivity contribution is 5.99. The van der Waals surface area contributed by atoms with Gasteiger partial charge in [-0.1, -0.05) is 24.3 Å². The standard InChI is InChI=1S/C18H23NO4/c1-18(2,3)23-17(21)19(4)15-10-16(20)13-9-7-6-8-12(13)14(15)11-22-5/h6-10,20H,11H2,1-5H3. The Hall–Kier alpha value is -2.27. The Morgan fingerprint density at radius 1 is 1.22 bits per heavy atom. The van der Waals surface area contributed by atoms with E-state index in [0.717, 1.165) is 16.3 Å². The van der Waals surface area contributed by atoms with Crippen LogP contribution < -0.4 is 4.90 Å². The minimum atomic E-state index is -0.592. The molecule has 0 saturated carbocycles. The number of nitrogens with zero attached hydrogens (tertiary/aromatic N) is 1. The minimum absolute atomic E-state index is 0.117. The van der Waals surface area contributed by atoms with E-state index >= 15 is 0 Å². The molecule has 2 rings (SSSR count). The summed E-state index contributed by atoms with van der Waals surface area (Å²) in [5, 5.41) is 11.9. The van der Waals surface area contributed by atoms with Crippen LogP contribution in [0.1, 0.15) is 26.3 Å². The number of benzene rings is 2. The molecule has 1 N–H and O–H groups in total. The van der Waals surface area contributed by atoms with Crippen LogP contribution in [-0.4, -0.2) is 31.0 Å². The van der Waals surface area contributed by atoms with Crippen LogP contribution in [0.2, 0.25) is 0 Å². The Morgan fingerprint density at radius 2 is 1.83 bits per heavy atom. The third kappa shape index (κ3) is 3.74. The van der Waals surface area contributed by atoms with Gasteiger partial charge in [-0.25, -0.2) is 4.79 Å². The number of methoxy groups -OCH3 is 1. The van der Waals surface area contributed by atoms with Crippen molar-refractivity contribution in [2.45, 2.75) is 33.0 Å². The Bertz CT molecular complexity index is 719. The van der Waals surface area contributed by atoms with Gasteiger partial charge in [-0.3, -0.25) is 4.90 Å². The molecule has 0 aliphatic heterocycles. The molecular weight excluding hydrogens is 294 g/mol. The largest absolute Gasteiger partial charge is 0.507 e. The van der Waals surface area contributed by atoms with Crippen molar-refractivity contribution in [3.05, 3.63) is 35.9 Å². The highest BCUT2D eigenvalue weighted by Crippen LogP contribution is 2.36. The fourth-order valence-electron chi connectivity index (χ4n) is 2.43.